The number of nitrogens with zero attached hydrogens (tertiary/aromatic N) is 4. The highest BCUT2D eigenvalue weighted by molar-refractivity contribution is 6.16. The van der Waals surface area contributed by atoms with Gasteiger partial charge in [0.1, 0.15) is 5.57 Å². The molecule has 0 spiro atoms. The van der Waals surface area contributed by atoms with Gasteiger partial charge in [-0.15, -0.1) is 0 Å². The van der Waals surface area contributed by atoms with Crippen LogP contribution < -0.4 is 4.90 Å². The molecule has 0 radical (unpaired) electrons. The molecule has 1 aromatic heterocycles. The van der Waals surface area contributed by atoms with Gasteiger partial charge in [0.15, 0.2) is 0 Å². The molecule has 8 nitrogen and oxygen atoms in total. The molecule has 1 amide bonds. The van der Waals surface area contributed by atoms with Crippen molar-refractivity contribution in [3.63, 3.8) is 0 Å². The zero-order valence-electron chi connectivity index (χ0n) is 18.2. The number of carbonyl (C=O) groups is 2. The minimum absolute atomic E-state index is 0.112. The number of rotatable bonds is 5. The maximum atomic E-state index is 13.3. The zero-order valence-corrected chi connectivity index (χ0v) is 18.2. The van der Waals surface area contributed by atoms with Crippen LogP contribution >= 0.6 is 0 Å². The number of halogens is 3. The third-order valence-electron chi connectivity index (χ3n) is 5.85. The zero-order chi connectivity index (χ0) is 24.8. The van der Waals surface area contributed by atoms with E-state index in [0.717, 1.165) is 22.7 Å². The summed E-state index contributed by atoms with van der Waals surface area (Å²) in [6.45, 7) is 3.47. The van der Waals surface area contributed by atoms with Gasteiger partial charge in [0.05, 0.1) is 29.5 Å². The van der Waals surface area contributed by atoms with Crippen molar-refractivity contribution in [2.45, 2.75) is 39.5 Å². The van der Waals surface area contributed by atoms with Crippen LogP contribution in [0.1, 0.15) is 23.6 Å². The number of aryl methyl sites for hydroxylation is 1. The van der Waals surface area contributed by atoms with Gasteiger partial charge in [-0.05, 0) is 49.2 Å². The Hall–Kier alpha value is -3.86. The van der Waals surface area contributed by atoms with Gasteiger partial charge >= 0.3 is 12.1 Å². The topological polar surface area (TPSA) is 98.9 Å². The van der Waals surface area contributed by atoms with E-state index in [-0.39, 0.29) is 11.1 Å². The molecule has 1 unspecified atom stereocenters. The van der Waals surface area contributed by atoms with Gasteiger partial charge in [0.25, 0.3) is 5.91 Å². The summed E-state index contributed by atoms with van der Waals surface area (Å²) in [7, 11) is 0. The molecule has 0 fully saturated rings. The molecule has 1 aliphatic heterocycles. The van der Waals surface area contributed by atoms with E-state index in [9.17, 15) is 33.0 Å². The Morgan fingerprint density at radius 1 is 1.21 bits per heavy atom. The Kier molecular flexibility index (Phi) is 5.82. The number of aliphatic hydroxyl groups is 1. The van der Waals surface area contributed by atoms with Gasteiger partial charge in [-0.3, -0.25) is 9.69 Å². The number of carboxylic acid groups (broad SMARTS) is 1. The molecular weight excluding hydrogens is 453 g/mol. The Bertz CT molecular complexity index is 1320. The number of imidazole rings is 1. The molecule has 34 heavy (non-hydrogen) atoms. The average Bonchev–Trinajstić information content (AvgIpc) is 3.19. The van der Waals surface area contributed by atoms with Crippen molar-refractivity contribution in [3.8, 4) is 0 Å². The van der Waals surface area contributed by atoms with Crippen LogP contribution in [0, 0.1) is 6.92 Å². The van der Waals surface area contributed by atoms with E-state index in [1.54, 1.807) is 24.5 Å². The smallest absolute Gasteiger partial charge is 0.416 e. The fourth-order valence-electron chi connectivity index (χ4n) is 3.99. The molecule has 178 valence electrons. The summed E-state index contributed by atoms with van der Waals surface area (Å²) < 4.78 is 41.9. The van der Waals surface area contributed by atoms with E-state index in [0.29, 0.717) is 17.7 Å². The van der Waals surface area contributed by atoms with Crippen LogP contribution in [0.4, 0.5) is 18.9 Å². The Labute approximate surface area is 192 Å². The minimum Gasteiger partial charge on any atom is -0.477 e. The van der Waals surface area contributed by atoms with Crippen molar-refractivity contribution in [3.05, 3.63) is 71.2 Å². The van der Waals surface area contributed by atoms with Crippen molar-refractivity contribution in [1.82, 2.24) is 14.5 Å². The van der Waals surface area contributed by atoms with E-state index in [1.165, 1.54) is 24.0 Å². The van der Waals surface area contributed by atoms with E-state index >= 15 is 0 Å². The molecule has 3 aromatic rings. The molecule has 1 aliphatic rings. The number of amides is 1. The first-order chi connectivity index (χ1) is 16.0. The highest BCUT2D eigenvalue weighted by atomic mass is 19.4. The molecule has 0 bridgehead atoms. The normalized spacial score (nSPS) is 16.8. The lowest BCUT2D eigenvalue weighted by molar-refractivity contribution is -0.144. The lowest BCUT2D eigenvalue weighted by Crippen LogP contribution is -2.54. The number of aromatic nitrogens is 2. The second kappa shape index (κ2) is 8.49. The maximum Gasteiger partial charge on any atom is 0.416 e. The Morgan fingerprint density at radius 3 is 2.59 bits per heavy atom. The van der Waals surface area contributed by atoms with Crippen LogP contribution in [0.2, 0.25) is 0 Å². The van der Waals surface area contributed by atoms with Gasteiger partial charge in [0.2, 0.25) is 6.35 Å². The molecule has 0 saturated heterocycles. The van der Waals surface area contributed by atoms with Gasteiger partial charge in [0, 0.05) is 18.4 Å². The third kappa shape index (κ3) is 3.98. The average molecular weight is 474 g/mol. The quantitative estimate of drug-likeness (QED) is 0.550. The van der Waals surface area contributed by atoms with Crippen molar-refractivity contribution < 1.29 is 33.0 Å². The predicted octanol–water partition coefficient (Wildman–Crippen LogP) is 3.48. The number of anilines is 1. The van der Waals surface area contributed by atoms with Crippen LogP contribution in [-0.2, 0) is 28.9 Å². The second-order valence-corrected chi connectivity index (χ2v) is 7.83. The fraction of sp³-hybridized carbons (Fsp3) is 0.261. The van der Waals surface area contributed by atoms with Crippen LogP contribution in [0.25, 0.3) is 11.0 Å². The van der Waals surface area contributed by atoms with Crippen LogP contribution in [-0.4, -0.2) is 42.9 Å². The minimum atomic E-state index is -4.60. The third-order valence-corrected chi connectivity index (χ3v) is 5.85. The molecule has 0 saturated carbocycles. The number of carbonyl (C=O) groups excluding carboxylic acids is 1. The first-order valence-corrected chi connectivity index (χ1v) is 10.4. The van der Waals surface area contributed by atoms with Crippen LogP contribution in [0.15, 0.2) is 54.5 Å². The van der Waals surface area contributed by atoms with Crippen molar-refractivity contribution in [2.24, 2.45) is 0 Å². The maximum absolute atomic E-state index is 13.3. The number of hydrogen-bond acceptors (Lipinski definition) is 5. The number of benzene rings is 2. The first kappa shape index (κ1) is 23.3. The standard InChI is InChI=1S/C23H21F3N4O4/c1-3-28-12-27-18-9-15(7-8-19(18)28)29-11-16(21(32)33)20(31)30(22(29)34)10-14-5-4-6-17(13(14)2)23(24,25)26/h4-9,11-12,22,34H,3,10H2,1-2H3,(H,32,33). The molecule has 1 atom stereocenters. The highest BCUT2D eigenvalue weighted by Gasteiger charge is 2.38. The summed E-state index contributed by atoms with van der Waals surface area (Å²) in [5.41, 5.74) is 0.298. The van der Waals surface area contributed by atoms with Gasteiger partial charge in [-0.2, -0.15) is 13.2 Å². The molecule has 11 heteroatoms. The van der Waals surface area contributed by atoms with E-state index in [4.69, 9.17) is 0 Å². The van der Waals surface area contributed by atoms with E-state index < -0.39 is 42.1 Å². The number of aliphatic carboxylic acids is 1. The Morgan fingerprint density at radius 2 is 1.94 bits per heavy atom. The van der Waals surface area contributed by atoms with Crippen LogP contribution in [0.5, 0.6) is 0 Å². The largest absolute Gasteiger partial charge is 0.477 e. The fourth-order valence-corrected chi connectivity index (χ4v) is 3.99. The lowest BCUT2D eigenvalue weighted by Gasteiger charge is -2.39. The monoisotopic (exact) mass is 474 g/mol. The number of aliphatic hydroxyl groups excluding tert-OH is 1. The molecule has 0 aliphatic carbocycles. The summed E-state index contributed by atoms with van der Waals surface area (Å²) in [6, 6.07) is 8.54. The van der Waals surface area contributed by atoms with Gasteiger partial charge in [-0.1, -0.05) is 12.1 Å². The summed E-state index contributed by atoms with van der Waals surface area (Å²) in [4.78, 5) is 30.9. The highest BCUT2D eigenvalue weighted by Crippen LogP contribution is 2.34. The lowest BCUT2D eigenvalue weighted by atomic mass is 10.0. The van der Waals surface area contributed by atoms with E-state index in [2.05, 4.69) is 4.98 Å². The van der Waals surface area contributed by atoms with Crippen molar-refractivity contribution >= 4 is 28.6 Å². The number of hydrogen-bond donors (Lipinski definition) is 2. The van der Waals surface area contributed by atoms with Crippen LogP contribution in [0.3, 0.4) is 0 Å². The number of fused-ring (bicyclic) bond motifs is 1. The molecule has 2 heterocycles. The molecule has 4 rings (SSSR count). The molecule has 2 aromatic carbocycles. The Balaban J connectivity index is 1.75. The summed E-state index contributed by atoms with van der Waals surface area (Å²) in [5.74, 6) is -2.53. The SMILES string of the molecule is CCn1cnc2cc(N3C=C(C(=O)O)C(=O)N(Cc4cccc(C(F)(F)F)c4C)C3O)ccc21. The number of carboxylic acids is 1. The number of alkyl halides is 3. The van der Waals surface area contributed by atoms with E-state index in [1.807, 2.05) is 11.5 Å². The van der Waals surface area contributed by atoms with Crippen molar-refractivity contribution in [1.29, 1.82) is 0 Å². The predicted molar refractivity (Wildman–Crippen MR) is 116 cm³/mol. The second-order valence-electron chi connectivity index (χ2n) is 7.83. The molecular formula is C23H21F3N4O4. The van der Waals surface area contributed by atoms with Gasteiger partial charge < -0.3 is 19.7 Å². The van der Waals surface area contributed by atoms with Gasteiger partial charge in [-0.25, -0.2) is 9.78 Å². The van der Waals surface area contributed by atoms with Crippen molar-refractivity contribution in [2.75, 3.05) is 4.90 Å². The summed E-state index contributed by atoms with van der Waals surface area (Å²) in [5, 5.41) is 20.6. The summed E-state index contributed by atoms with van der Waals surface area (Å²) >= 11 is 0. The molecule has 2 N–H and O–H groups in total. The first-order valence-electron chi connectivity index (χ1n) is 10.4. The summed E-state index contributed by atoms with van der Waals surface area (Å²) in [6.07, 6.45) is -3.59.